The quantitative estimate of drug-likeness (QED) is 0.772. The summed E-state index contributed by atoms with van der Waals surface area (Å²) in [4.78, 5) is 0. The molecule has 0 bridgehead atoms. The maximum Gasteiger partial charge on any atom is 0.131 e. The van der Waals surface area contributed by atoms with Crippen LogP contribution in [0, 0.1) is 19.7 Å². The summed E-state index contributed by atoms with van der Waals surface area (Å²) >= 11 is 0. The summed E-state index contributed by atoms with van der Waals surface area (Å²) in [5.74, 6) is 0.677. The van der Waals surface area contributed by atoms with E-state index in [0.717, 1.165) is 27.5 Å². The van der Waals surface area contributed by atoms with Crippen LogP contribution in [0.15, 0.2) is 36.4 Å². The Bertz CT molecular complexity index is 566. The Hall–Kier alpha value is -1.40. The second-order valence-electron chi connectivity index (χ2n) is 4.31. The van der Waals surface area contributed by atoms with Gasteiger partial charge in [-0.05, 0) is 37.6 Å². The first kappa shape index (κ1) is 13.0. The van der Waals surface area contributed by atoms with E-state index in [1.54, 1.807) is 13.2 Å². The van der Waals surface area contributed by atoms with Gasteiger partial charge in [0.25, 0.3) is 0 Å². The van der Waals surface area contributed by atoms with Gasteiger partial charge in [-0.15, -0.1) is 0 Å². The third-order valence-corrected chi connectivity index (χ3v) is 4.08. The third-order valence-electron chi connectivity index (χ3n) is 2.75. The number of aryl methyl sites for hydroxylation is 2. The summed E-state index contributed by atoms with van der Waals surface area (Å²) in [7, 11) is 1.92. The van der Waals surface area contributed by atoms with Crippen LogP contribution >= 0.6 is 8.58 Å². The molecule has 0 radical (unpaired) electrons. The molecular formula is C15H16FOP. The molecule has 2 aromatic carbocycles. The SMILES string of the molecule is COc1ccc(C)cc1Pc1ccc(C)cc1F. The van der Waals surface area contributed by atoms with Crippen LogP contribution in [0.2, 0.25) is 0 Å². The van der Waals surface area contributed by atoms with E-state index in [-0.39, 0.29) is 14.4 Å². The van der Waals surface area contributed by atoms with Gasteiger partial charge in [0.2, 0.25) is 0 Å². The largest absolute Gasteiger partial charge is 0.496 e. The molecule has 0 aliphatic carbocycles. The first-order chi connectivity index (χ1) is 8.60. The molecule has 2 aromatic rings. The van der Waals surface area contributed by atoms with Crippen molar-refractivity contribution in [2.75, 3.05) is 7.11 Å². The molecule has 1 atom stereocenters. The van der Waals surface area contributed by atoms with Crippen LogP contribution in [0.25, 0.3) is 0 Å². The molecule has 94 valence electrons. The highest BCUT2D eigenvalue weighted by Crippen LogP contribution is 2.21. The normalized spacial score (nSPS) is 11.1. The van der Waals surface area contributed by atoms with Crippen molar-refractivity contribution >= 4 is 19.2 Å². The summed E-state index contributed by atoms with van der Waals surface area (Å²) in [6.07, 6.45) is 0. The molecule has 1 unspecified atom stereocenters. The lowest BCUT2D eigenvalue weighted by Gasteiger charge is -2.10. The molecule has 0 heterocycles. The van der Waals surface area contributed by atoms with Crippen molar-refractivity contribution in [2.24, 2.45) is 0 Å². The van der Waals surface area contributed by atoms with Gasteiger partial charge in [0, 0.05) is 10.6 Å². The average Bonchev–Trinajstić information content (AvgIpc) is 2.33. The number of halogens is 1. The summed E-state index contributed by atoms with van der Waals surface area (Å²) in [5.41, 5.74) is 2.10. The van der Waals surface area contributed by atoms with Gasteiger partial charge in [-0.2, -0.15) is 0 Å². The van der Waals surface area contributed by atoms with Gasteiger partial charge in [-0.1, -0.05) is 32.3 Å². The van der Waals surface area contributed by atoms with Gasteiger partial charge in [0.05, 0.1) is 7.11 Å². The molecule has 0 aromatic heterocycles. The highest BCUT2D eigenvalue weighted by Gasteiger charge is 2.08. The zero-order chi connectivity index (χ0) is 13.1. The highest BCUT2D eigenvalue weighted by atomic mass is 31.1. The van der Waals surface area contributed by atoms with Gasteiger partial charge >= 0.3 is 0 Å². The van der Waals surface area contributed by atoms with Crippen molar-refractivity contribution in [1.82, 2.24) is 0 Å². The summed E-state index contributed by atoms with van der Waals surface area (Å²) < 4.78 is 19.2. The fourth-order valence-corrected chi connectivity index (χ4v) is 3.04. The molecule has 0 aliphatic rings. The Morgan fingerprint density at radius 3 is 2.28 bits per heavy atom. The van der Waals surface area contributed by atoms with Crippen LogP contribution in [-0.2, 0) is 0 Å². The van der Waals surface area contributed by atoms with Gasteiger partial charge < -0.3 is 4.74 Å². The van der Waals surface area contributed by atoms with Crippen molar-refractivity contribution in [2.45, 2.75) is 13.8 Å². The van der Waals surface area contributed by atoms with E-state index in [1.807, 2.05) is 38.1 Å². The minimum Gasteiger partial charge on any atom is -0.496 e. The molecule has 0 spiro atoms. The topological polar surface area (TPSA) is 9.23 Å². The van der Waals surface area contributed by atoms with Crippen LogP contribution in [-0.4, -0.2) is 7.11 Å². The third kappa shape index (κ3) is 2.88. The monoisotopic (exact) mass is 262 g/mol. The molecule has 0 aliphatic heterocycles. The lowest BCUT2D eigenvalue weighted by atomic mass is 10.2. The molecule has 0 saturated carbocycles. The zero-order valence-corrected chi connectivity index (χ0v) is 11.8. The smallest absolute Gasteiger partial charge is 0.131 e. The van der Waals surface area contributed by atoms with E-state index in [2.05, 4.69) is 6.07 Å². The summed E-state index contributed by atoms with van der Waals surface area (Å²) in [5, 5.41) is 1.77. The van der Waals surface area contributed by atoms with Crippen LogP contribution in [0.4, 0.5) is 4.39 Å². The van der Waals surface area contributed by atoms with Gasteiger partial charge in [-0.25, -0.2) is 4.39 Å². The Balaban J connectivity index is 2.36. The minimum absolute atomic E-state index is 0.142. The van der Waals surface area contributed by atoms with Gasteiger partial charge in [0.15, 0.2) is 0 Å². The van der Waals surface area contributed by atoms with Crippen LogP contribution < -0.4 is 15.3 Å². The van der Waals surface area contributed by atoms with Crippen molar-refractivity contribution in [3.8, 4) is 5.75 Å². The molecule has 0 saturated heterocycles. The maximum absolute atomic E-state index is 13.8. The van der Waals surface area contributed by atoms with E-state index in [4.69, 9.17) is 4.74 Å². The first-order valence-corrected chi connectivity index (χ1v) is 6.78. The van der Waals surface area contributed by atoms with Crippen molar-refractivity contribution in [3.05, 3.63) is 53.3 Å². The van der Waals surface area contributed by atoms with E-state index in [0.29, 0.717) is 0 Å². The highest BCUT2D eigenvalue weighted by molar-refractivity contribution is 7.55. The van der Waals surface area contributed by atoms with Crippen LogP contribution in [0.3, 0.4) is 0 Å². The Kier molecular flexibility index (Phi) is 3.98. The Morgan fingerprint density at radius 1 is 0.944 bits per heavy atom. The fraction of sp³-hybridized carbons (Fsp3) is 0.200. The predicted octanol–water partition coefficient (Wildman–Crippen LogP) is 3.08. The van der Waals surface area contributed by atoms with Crippen molar-refractivity contribution < 1.29 is 9.13 Å². The fourth-order valence-electron chi connectivity index (χ4n) is 1.79. The average molecular weight is 262 g/mol. The van der Waals surface area contributed by atoms with Crippen molar-refractivity contribution in [1.29, 1.82) is 0 Å². The van der Waals surface area contributed by atoms with E-state index in [1.165, 1.54) is 0 Å². The molecule has 1 nitrogen and oxygen atoms in total. The number of methoxy groups -OCH3 is 1. The number of ether oxygens (including phenoxy) is 1. The molecule has 2 rings (SSSR count). The molecule has 3 heteroatoms. The number of hydrogen-bond acceptors (Lipinski definition) is 1. The second-order valence-corrected chi connectivity index (χ2v) is 5.64. The van der Waals surface area contributed by atoms with E-state index in [9.17, 15) is 4.39 Å². The standard InChI is InChI=1S/C15H16FOP/c1-10-5-7-14(12(16)8-10)18-15-9-11(2)4-6-13(15)17-3/h4-9,18H,1-3H3. The Morgan fingerprint density at radius 2 is 1.61 bits per heavy atom. The Labute approximate surface area is 109 Å². The molecule has 0 amide bonds. The first-order valence-electron chi connectivity index (χ1n) is 5.78. The molecule has 18 heavy (non-hydrogen) atoms. The zero-order valence-electron chi connectivity index (χ0n) is 10.8. The lowest BCUT2D eigenvalue weighted by Crippen LogP contribution is -2.10. The van der Waals surface area contributed by atoms with E-state index < -0.39 is 0 Å². The lowest BCUT2D eigenvalue weighted by molar-refractivity contribution is 0.418. The number of rotatable bonds is 3. The number of hydrogen-bond donors (Lipinski definition) is 0. The van der Waals surface area contributed by atoms with Gasteiger partial charge in [0.1, 0.15) is 11.6 Å². The summed E-state index contributed by atoms with van der Waals surface area (Å²) in [6.45, 7) is 3.92. The van der Waals surface area contributed by atoms with Gasteiger partial charge in [-0.3, -0.25) is 0 Å². The van der Waals surface area contributed by atoms with Crippen LogP contribution in [0.5, 0.6) is 5.75 Å². The van der Waals surface area contributed by atoms with Crippen molar-refractivity contribution in [3.63, 3.8) is 0 Å². The molecular weight excluding hydrogens is 246 g/mol. The van der Waals surface area contributed by atoms with E-state index >= 15 is 0 Å². The minimum atomic E-state index is -0.142. The molecule has 0 N–H and O–H groups in total. The molecule has 0 fully saturated rings. The second kappa shape index (κ2) is 5.49. The predicted molar refractivity (Wildman–Crippen MR) is 76.5 cm³/mol. The maximum atomic E-state index is 13.8. The van der Waals surface area contributed by atoms with Crippen LogP contribution in [0.1, 0.15) is 11.1 Å². The summed E-state index contributed by atoms with van der Waals surface area (Å²) in [6, 6.07) is 11.3. The number of benzene rings is 2.